The Bertz CT molecular complexity index is 1280. The van der Waals surface area contributed by atoms with Crippen molar-refractivity contribution < 1.29 is 9.59 Å². The highest BCUT2D eigenvalue weighted by Crippen LogP contribution is 2.48. The summed E-state index contributed by atoms with van der Waals surface area (Å²) in [6.45, 7) is 8.18. The third-order valence-corrected chi connectivity index (χ3v) is 8.66. The highest BCUT2D eigenvalue weighted by molar-refractivity contribution is 5.89. The van der Waals surface area contributed by atoms with Crippen molar-refractivity contribution >= 4 is 17.8 Å². The first-order valence-corrected chi connectivity index (χ1v) is 14.3. The first kappa shape index (κ1) is 28.3. The number of piperazine rings is 1. The van der Waals surface area contributed by atoms with E-state index in [0.717, 1.165) is 31.7 Å². The average Bonchev–Trinajstić information content (AvgIpc) is 2.91. The number of hydrogen-bond acceptors (Lipinski definition) is 7. The number of anilines is 1. The van der Waals surface area contributed by atoms with Crippen LogP contribution in [0.4, 0.5) is 10.6 Å². The SMILES string of the molecule is CC(C)(N)C(=O)N1CCN(C(=O)Nc2ccn(-c3cccc(CCN4CCC5(CC4)CC(N)C5)c3)c(=O)n2)CC1. The molecule has 3 heterocycles. The number of carbonyl (C=O) groups is 2. The maximum absolute atomic E-state index is 12.9. The number of carbonyl (C=O) groups excluding carboxylic acids is 2. The molecule has 11 nitrogen and oxygen atoms in total. The smallest absolute Gasteiger partial charge is 0.338 e. The molecule has 0 atom stereocenters. The molecule has 2 saturated heterocycles. The monoisotopic (exact) mass is 550 g/mol. The van der Waals surface area contributed by atoms with Crippen molar-refractivity contribution in [3.63, 3.8) is 0 Å². The Kier molecular flexibility index (Phi) is 7.98. The standard InChI is InChI=1S/C29H42N8O3/c1-28(2,31)25(38)35-14-16-36(17-15-35)26(39)32-24-7-11-37(27(40)33-24)23-5-3-4-21(18-23)6-10-34-12-8-29(9-13-34)19-22(30)20-29/h3-5,7,11,18,22H,6,8-10,12-17,19-20,30-31H2,1-2H3,(H,32,33,39,40). The number of nitrogens with two attached hydrogens (primary N) is 2. The van der Waals surface area contributed by atoms with Gasteiger partial charge < -0.3 is 26.2 Å². The van der Waals surface area contributed by atoms with Crippen LogP contribution in [-0.2, 0) is 11.2 Å². The van der Waals surface area contributed by atoms with Gasteiger partial charge in [0.1, 0.15) is 5.82 Å². The predicted molar refractivity (Wildman–Crippen MR) is 154 cm³/mol. The molecular weight excluding hydrogens is 508 g/mol. The van der Waals surface area contributed by atoms with Crippen molar-refractivity contribution in [3.8, 4) is 5.69 Å². The molecule has 0 radical (unpaired) electrons. The van der Waals surface area contributed by atoms with Crippen molar-refractivity contribution in [2.75, 3.05) is 51.1 Å². The van der Waals surface area contributed by atoms with Gasteiger partial charge in [0.2, 0.25) is 5.91 Å². The van der Waals surface area contributed by atoms with Crippen LogP contribution in [0.5, 0.6) is 0 Å². The van der Waals surface area contributed by atoms with Gasteiger partial charge in [0.15, 0.2) is 0 Å². The van der Waals surface area contributed by atoms with Gasteiger partial charge in [-0.3, -0.25) is 14.7 Å². The van der Waals surface area contributed by atoms with Gasteiger partial charge in [-0.15, -0.1) is 0 Å². The third-order valence-electron chi connectivity index (χ3n) is 8.66. The molecule has 3 amide bonds. The fraction of sp³-hybridized carbons (Fsp3) is 0.586. The van der Waals surface area contributed by atoms with Gasteiger partial charge >= 0.3 is 11.7 Å². The predicted octanol–water partition coefficient (Wildman–Crippen LogP) is 1.39. The molecule has 1 aliphatic carbocycles. The number of urea groups is 1. The summed E-state index contributed by atoms with van der Waals surface area (Å²) >= 11 is 0. The summed E-state index contributed by atoms with van der Waals surface area (Å²) in [4.78, 5) is 47.9. The highest BCUT2D eigenvalue weighted by Gasteiger charge is 2.44. The van der Waals surface area contributed by atoms with Crippen LogP contribution >= 0.6 is 0 Å². The minimum absolute atomic E-state index is 0.138. The van der Waals surface area contributed by atoms with Gasteiger partial charge in [-0.05, 0) is 88.2 Å². The molecule has 1 aromatic carbocycles. The maximum atomic E-state index is 12.9. The molecule has 3 fully saturated rings. The fourth-order valence-electron chi connectivity index (χ4n) is 6.24. The lowest BCUT2D eigenvalue weighted by atomic mass is 9.61. The van der Waals surface area contributed by atoms with E-state index in [-0.39, 0.29) is 17.8 Å². The Balaban J connectivity index is 1.13. The number of piperidine rings is 1. The third kappa shape index (κ3) is 6.37. The number of nitrogens with one attached hydrogen (secondary N) is 1. The molecule has 0 unspecified atom stereocenters. The molecule has 5 rings (SSSR count). The summed E-state index contributed by atoms with van der Waals surface area (Å²) in [7, 11) is 0. The minimum Gasteiger partial charge on any atom is -0.338 e. The first-order valence-electron chi connectivity index (χ1n) is 14.3. The van der Waals surface area contributed by atoms with Crippen LogP contribution < -0.4 is 22.5 Å². The van der Waals surface area contributed by atoms with E-state index in [0.29, 0.717) is 37.6 Å². The van der Waals surface area contributed by atoms with Gasteiger partial charge in [-0.1, -0.05) is 12.1 Å². The molecule has 2 aliphatic heterocycles. The first-order chi connectivity index (χ1) is 19.0. The summed E-state index contributed by atoms with van der Waals surface area (Å²) in [5.41, 5.74) is 13.0. The number of likely N-dealkylation sites (tertiary alicyclic amines) is 1. The zero-order chi connectivity index (χ0) is 28.5. The van der Waals surface area contributed by atoms with Gasteiger partial charge in [0.25, 0.3) is 0 Å². The van der Waals surface area contributed by atoms with E-state index in [2.05, 4.69) is 21.3 Å². The van der Waals surface area contributed by atoms with E-state index in [4.69, 9.17) is 11.5 Å². The van der Waals surface area contributed by atoms with Crippen molar-refractivity contribution in [2.45, 2.75) is 57.5 Å². The van der Waals surface area contributed by atoms with E-state index in [9.17, 15) is 14.4 Å². The molecule has 216 valence electrons. The molecule has 0 bridgehead atoms. The Morgan fingerprint density at radius 2 is 1.73 bits per heavy atom. The molecule has 1 aromatic heterocycles. The van der Waals surface area contributed by atoms with Gasteiger partial charge in [0, 0.05) is 45.0 Å². The highest BCUT2D eigenvalue weighted by atomic mass is 16.2. The molecular formula is C29H42N8O3. The molecule has 11 heteroatoms. The van der Waals surface area contributed by atoms with Crippen molar-refractivity contribution in [1.82, 2.24) is 24.3 Å². The number of benzene rings is 1. The van der Waals surface area contributed by atoms with Crippen LogP contribution in [0.1, 0.15) is 45.1 Å². The lowest BCUT2D eigenvalue weighted by molar-refractivity contribution is -0.137. The maximum Gasteiger partial charge on any atom is 0.354 e. The fourth-order valence-corrected chi connectivity index (χ4v) is 6.24. The number of amides is 3. The largest absolute Gasteiger partial charge is 0.354 e. The van der Waals surface area contributed by atoms with Crippen molar-refractivity contribution in [3.05, 3.63) is 52.6 Å². The number of rotatable bonds is 6. The lowest BCUT2D eigenvalue weighted by Gasteiger charge is -2.51. The van der Waals surface area contributed by atoms with E-state index in [1.54, 1.807) is 35.9 Å². The second-order valence-electron chi connectivity index (χ2n) is 12.3. The van der Waals surface area contributed by atoms with Crippen LogP contribution in [0.3, 0.4) is 0 Å². The van der Waals surface area contributed by atoms with Crippen molar-refractivity contribution in [1.29, 1.82) is 0 Å². The van der Waals surface area contributed by atoms with Crippen LogP contribution in [0, 0.1) is 5.41 Å². The van der Waals surface area contributed by atoms with E-state index in [1.807, 2.05) is 18.2 Å². The molecule has 2 aromatic rings. The summed E-state index contributed by atoms with van der Waals surface area (Å²) in [5, 5.41) is 2.71. The average molecular weight is 551 g/mol. The summed E-state index contributed by atoms with van der Waals surface area (Å²) in [6.07, 6.45) is 7.40. The van der Waals surface area contributed by atoms with Gasteiger partial charge in [-0.2, -0.15) is 4.98 Å². The second-order valence-corrected chi connectivity index (χ2v) is 12.3. The summed E-state index contributed by atoms with van der Waals surface area (Å²) < 4.78 is 1.49. The van der Waals surface area contributed by atoms with Gasteiger partial charge in [0.05, 0.1) is 11.2 Å². The van der Waals surface area contributed by atoms with E-state index < -0.39 is 11.2 Å². The number of nitrogens with zero attached hydrogens (tertiary/aromatic N) is 5. The topological polar surface area (TPSA) is 143 Å². The Morgan fingerprint density at radius 1 is 1.05 bits per heavy atom. The van der Waals surface area contributed by atoms with Crippen LogP contribution in [0.2, 0.25) is 0 Å². The Labute approximate surface area is 235 Å². The normalized spacial score (nSPS) is 19.9. The van der Waals surface area contributed by atoms with Gasteiger partial charge in [-0.25, -0.2) is 9.59 Å². The summed E-state index contributed by atoms with van der Waals surface area (Å²) in [5.74, 6) is 0.0557. The number of hydrogen-bond donors (Lipinski definition) is 3. The Hall–Kier alpha value is -3.28. The van der Waals surface area contributed by atoms with Crippen LogP contribution in [0.25, 0.3) is 5.69 Å². The molecule has 5 N–H and O–H groups in total. The zero-order valence-corrected chi connectivity index (χ0v) is 23.6. The lowest BCUT2D eigenvalue weighted by Crippen LogP contribution is -2.58. The number of aromatic nitrogens is 2. The minimum atomic E-state index is -0.945. The molecule has 1 saturated carbocycles. The molecule has 1 spiro atoms. The zero-order valence-electron chi connectivity index (χ0n) is 23.6. The molecule has 3 aliphatic rings. The van der Waals surface area contributed by atoms with E-state index in [1.165, 1.54) is 35.8 Å². The molecule has 40 heavy (non-hydrogen) atoms. The van der Waals surface area contributed by atoms with Crippen molar-refractivity contribution in [2.24, 2.45) is 16.9 Å². The van der Waals surface area contributed by atoms with Crippen LogP contribution in [-0.4, -0.2) is 93.6 Å². The summed E-state index contributed by atoms with van der Waals surface area (Å²) in [6, 6.07) is 9.65. The quantitative estimate of drug-likeness (QED) is 0.493. The van der Waals surface area contributed by atoms with Crippen LogP contribution in [0.15, 0.2) is 41.3 Å². The van der Waals surface area contributed by atoms with E-state index >= 15 is 0 Å². The second kappa shape index (κ2) is 11.3. The Morgan fingerprint density at radius 3 is 2.35 bits per heavy atom.